The summed E-state index contributed by atoms with van der Waals surface area (Å²) < 4.78 is 6.46. The molecule has 0 unspecified atom stereocenters. The summed E-state index contributed by atoms with van der Waals surface area (Å²) in [7, 11) is 0. The third-order valence-electron chi connectivity index (χ3n) is 7.35. The summed E-state index contributed by atoms with van der Waals surface area (Å²) in [6.45, 7) is 7.98. The van der Waals surface area contributed by atoms with Crippen LogP contribution in [0.15, 0.2) is 65.3 Å². The average Bonchev–Trinajstić information content (AvgIpc) is 3.29. The van der Waals surface area contributed by atoms with E-state index in [1.165, 1.54) is 5.69 Å². The van der Waals surface area contributed by atoms with Crippen molar-refractivity contribution >= 4 is 22.6 Å². The molecule has 0 radical (unpaired) electrons. The van der Waals surface area contributed by atoms with Crippen LogP contribution in [0.2, 0.25) is 0 Å². The van der Waals surface area contributed by atoms with E-state index in [-0.39, 0.29) is 6.10 Å². The minimum Gasteiger partial charge on any atom is -0.437 e. The number of furan rings is 1. The molecule has 186 valence electrons. The number of anilines is 2. The van der Waals surface area contributed by atoms with E-state index >= 15 is 0 Å². The molecule has 36 heavy (non-hydrogen) atoms. The summed E-state index contributed by atoms with van der Waals surface area (Å²) in [5.74, 6) is 1.68. The Labute approximate surface area is 211 Å². The smallest absolute Gasteiger partial charge is 0.232 e. The van der Waals surface area contributed by atoms with Gasteiger partial charge in [-0.05, 0) is 56.5 Å². The number of aliphatic hydroxyl groups is 1. The van der Waals surface area contributed by atoms with Crippen molar-refractivity contribution in [2.45, 2.75) is 44.9 Å². The Morgan fingerprint density at radius 3 is 2.25 bits per heavy atom. The maximum absolute atomic E-state index is 10.0. The maximum Gasteiger partial charge on any atom is 0.232 e. The Hall–Kier alpha value is -3.42. The molecule has 2 fully saturated rings. The molecule has 4 heterocycles. The highest BCUT2D eigenvalue weighted by Crippen LogP contribution is 2.44. The summed E-state index contributed by atoms with van der Waals surface area (Å²) in [5.41, 5.74) is 4.93. The van der Waals surface area contributed by atoms with Gasteiger partial charge in [-0.2, -0.15) is 0 Å². The molecule has 0 spiro atoms. The lowest BCUT2D eigenvalue weighted by molar-refractivity contribution is 0.145. The van der Waals surface area contributed by atoms with E-state index < -0.39 is 0 Å². The molecule has 2 aliphatic rings. The quantitative estimate of drug-likeness (QED) is 0.435. The summed E-state index contributed by atoms with van der Waals surface area (Å²) in [5, 5.41) is 14.6. The highest BCUT2D eigenvalue weighted by atomic mass is 16.3. The third-order valence-corrected chi connectivity index (χ3v) is 7.35. The molecule has 4 aromatic rings. The van der Waals surface area contributed by atoms with Gasteiger partial charge in [0.15, 0.2) is 0 Å². The predicted octanol–water partition coefficient (Wildman–Crippen LogP) is 4.70. The number of benzene rings is 2. The second-order valence-electron chi connectivity index (χ2n) is 10.2. The number of aliphatic hydroxyl groups excluding tert-OH is 1. The molecule has 7 nitrogen and oxygen atoms in total. The van der Waals surface area contributed by atoms with E-state index in [1.807, 2.05) is 6.07 Å². The number of piperazine rings is 1. The van der Waals surface area contributed by atoms with Crippen LogP contribution in [0.1, 0.15) is 26.7 Å². The molecule has 2 atom stereocenters. The number of hydrogen-bond acceptors (Lipinski definition) is 7. The molecule has 2 aromatic carbocycles. The van der Waals surface area contributed by atoms with Crippen LogP contribution < -0.4 is 15.1 Å². The summed E-state index contributed by atoms with van der Waals surface area (Å²) in [6.07, 6.45) is 2.82. The monoisotopic (exact) mass is 483 g/mol. The van der Waals surface area contributed by atoms with E-state index in [0.29, 0.717) is 17.8 Å². The molecule has 2 aromatic heterocycles. The lowest BCUT2D eigenvalue weighted by Gasteiger charge is -2.37. The fourth-order valence-electron chi connectivity index (χ4n) is 5.68. The van der Waals surface area contributed by atoms with Gasteiger partial charge in [0.25, 0.3) is 0 Å². The topological polar surface area (TPSA) is 77.7 Å². The van der Waals surface area contributed by atoms with Gasteiger partial charge in [-0.3, -0.25) is 0 Å². The second-order valence-corrected chi connectivity index (χ2v) is 10.2. The normalized spacial score (nSPS) is 21.3. The Balaban J connectivity index is 1.44. The van der Waals surface area contributed by atoms with Gasteiger partial charge in [-0.1, -0.05) is 30.3 Å². The fourth-order valence-corrected chi connectivity index (χ4v) is 5.68. The van der Waals surface area contributed by atoms with Gasteiger partial charge in [0, 0.05) is 55.1 Å². The Bertz CT molecular complexity index is 1320. The molecular weight excluding hydrogens is 450 g/mol. The first kappa shape index (κ1) is 23.0. The van der Waals surface area contributed by atoms with Gasteiger partial charge in [-0.25, -0.2) is 9.97 Å². The van der Waals surface area contributed by atoms with Gasteiger partial charge in [0.1, 0.15) is 17.9 Å². The first-order chi connectivity index (χ1) is 17.6. The highest BCUT2D eigenvalue weighted by Gasteiger charge is 2.27. The highest BCUT2D eigenvalue weighted by molar-refractivity contribution is 6.06. The van der Waals surface area contributed by atoms with Crippen molar-refractivity contribution in [3.8, 4) is 22.5 Å². The number of rotatable bonds is 4. The van der Waals surface area contributed by atoms with Gasteiger partial charge < -0.3 is 24.6 Å². The summed E-state index contributed by atoms with van der Waals surface area (Å²) in [6, 6.07) is 20.0. The van der Waals surface area contributed by atoms with Gasteiger partial charge in [0.05, 0.1) is 11.5 Å². The number of hydrogen-bond donors (Lipinski definition) is 2. The van der Waals surface area contributed by atoms with Gasteiger partial charge >= 0.3 is 0 Å². The number of piperidine rings is 1. The van der Waals surface area contributed by atoms with E-state index in [0.717, 1.165) is 72.7 Å². The van der Waals surface area contributed by atoms with Crippen molar-refractivity contribution in [3.63, 3.8) is 0 Å². The van der Waals surface area contributed by atoms with Crippen LogP contribution in [-0.4, -0.2) is 59.4 Å². The largest absolute Gasteiger partial charge is 0.437 e. The van der Waals surface area contributed by atoms with E-state index in [9.17, 15) is 5.11 Å². The molecule has 0 bridgehead atoms. The SMILES string of the molecule is C[C@@H]1CN(c2ccc(-c3oc4ncnc(N5CCC(O)CC5)c4c3-c3ccccc3)cc2)C[C@H](C)N1. The zero-order valence-electron chi connectivity index (χ0n) is 20.9. The first-order valence-corrected chi connectivity index (χ1v) is 12.9. The van der Waals surface area contributed by atoms with Crippen molar-refractivity contribution in [2.75, 3.05) is 36.0 Å². The van der Waals surface area contributed by atoms with Crippen LogP contribution in [0.3, 0.4) is 0 Å². The predicted molar refractivity (Wildman–Crippen MR) is 144 cm³/mol. The molecule has 7 heteroatoms. The zero-order valence-corrected chi connectivity index (χ0v) is 20.9. The van der Waals surface area contributed by atoms with E-state index in [4.69, 9.17) is 9.40 Å². The summed E-state index contributed by atoms with van der Waals surface area (Å²) >= 11 is 0. The van der Waals surface area contributed by atoms with Crippen LogP contribution in [0.5, 0.6) is 0 Å². The zero-order chi connectivity index (χ0) is 24.6. The fraction of sp³-hybridized carbons (Fsp3) is 0.379. The van der Waals surface area contributed by atoms with E-state index in [2.05, 4.69) is 82.5 Å². The number of aromatic nitrogens is 2. The average molecular weight is 484 g/mol. The van der Waals surface area contributed by atoms with Crippen molar-refractivity contribution in [1.29, 1.82) is 0 Å². The van der Waals surface area contributed by atoms with Crippen molar-refractivity contribution < 1.29 is 9.52 Å². The lowest BCUT2D eigenvalue weighted by Crippen LogP contribution is -2.54. The van der Waals surface area contributed by atoms with Crippen LogP contribution in [-0.2, 0) is 0 Å². The Morgan fingerprint density at radius 1 is 0.861 bits per heavy atom. The molecule has 2 saturated heterocycles. The lowest BCUT2D eigenvalue weighted by atomic mass is 9.98. The molecule has 2 N–H and O–H groups in total. The molecule has 6 rings (SSSR count). The maximum atomic E-state index is 10.0. The number of fused-ring (bicyclic) bond motifs is 1. The van der Waals surface area contributed by atoms with Gasteiger partial charge in [-0.15, -0.1) is 0 Å². The second kappa shape index (κ2) is 9.56. The standard InChI is InChI=1S/C29H33N5O2/c1-19-16-34(17-20(2)32-19)23-10-8-22(9-11-23)27-25(21-6-4-3-5-7-21)26-28(30-18-31-29(26)36-27)33-14-12-24(35)13-15-33/h3-11,18-20,24,32,35H,12-17H2,1-2H3/t19-,20+. The minimum absolute atomic E-state index is 0.243. The van der Waals surface area contributed by atoms with Crippen LogP contribution >= 0.6 is 0 Å². The van der Waals surface area contributed by atoms with Crippen LogP contribution in [0, 0.1) is 0 Å². The number of nitrogens with zero attached hydrogens (tertiary/aromatic N) is 4. The molecular formula is C29H33N5O2. The summed E-state index contributed by atoms with van der Waals surface area (Å²) in [4.78, 5) is 13.9. The van der Waals surface area contributed by atoms with Crippen LogP contribution in [0.25, 0.3) is 33.6 Å². The molecule has 0 amide bonds. The Morgan fingerprint density at radius 2 is 1.56 bits per heavy atom. The van der Waals surface area contributed by atoms with Crippen molar-refractivity contribution in [1.82, 2.24) is 15.3 Å². The Kier molecular flexibility index (Phi) is 6.11. The van der Waals surface area contributed by atoms with E-state index in [1.54, 1.807) is 6.33 Å². The van der Waals surface area contributed by atoms with Crippen LogP contribution in [0.4, 0.5) is 11.5 Å². The third kappa shape index (κ3) is 4.33. The number of nitrogens with one attached hydrogen (secondary N) is 1. The molecule has 0 aliphatic carbocycles. The first-order valence-electron chi connectivity index (χ1n) is 12.9. The van der Waals surface area contributed by atoms with Crippen molar-refractivity contribution in [2.24, 2.45) is 0 Å². The van der Waals surface area contributed by atoms with Gasteiger partial charge in [0.2, 0.25) is 5.71 Å². The molecule has 2 aliphatic heterocycles. The molecule has 0 saturated carbocycles. The van der Waals surface area contributed by atoms with Crippen molar-refractivity contribution in [3.05, 3.63) is 60.9 Å². The minimum atomic E-state index is -0.243.